The van der Waals surface area contributed by atoms with E-state index >= 15 is 0 Å². The highest BCUT2D eigenvalue weighted by molar-refractivity contribution is 5.83. The first-order chi connectivity index (χ1) is 11.8. The molecule has 0 aliphatic rings. The van der Waals surface area contributed by atoms with E-state index in [0.717, 1.165) is 11.3 Å². The molecule has 1 aromatic carbocycles. The molecule has 1 atom stereocenters. The minimum absolute atomic E-state index is 0.157. The standard InChI is InChI=1S/C18H26N2O5/c1-13-7-4-5-8-16(13)25-12-6-9-17(22)20(14(2)18(23)24)11-10-19-15(3)21/h4-5,7-8,14H,6,9-12H2,1-3H3,(H,19,21)(H,23,24). The van der Waals surface area contributed by atoms with Gasteiger partial charge in [-0.1, -0.05) is 18.2 Å². The van der Waals surface area contributed by atoms with Gasteiger partial charge in [-0.3, -0.25) is 9.59 Å². The normalized spacial score (nSPS) is 11.5. The number of ether oxygens (including phenoxy) is 1. The molecule has 2 amide bonds. The summed E-state index contributed by atoms with van der Waals surface area (Å²) >= 11 is 0. The van der Waals surface area contributed by atoms with Gasteiger partial charge in [-0.2, -0.15) is 0 Å². The molecule has 0 bridgehead atoms. The Bertz CT molecular complexity index is 603. The first-order valence-corrected chi connectivity index (χ1v) is 8.28. The van der Waals surface area contributed by atoms with Crippen LogP contribution in [0.25, 0.3) is 0 Å². The van der Waals surface area contributed by atoms with E-state index in [2.05, 4.69) is 5.32 Å². The molecule has 0 radical (unpaired) electrons. The SMILES string of the molecule is CC(=O)NCCN(C(=O)CCCOc1ccccc1C)C(C)C(=O)O. The highest BCUT2D eigenvalue weighted by Crippen LogP contribution is 2.16. The number of carboxylic acid groups (broad SMARTS) is 1. The smallest absolute Gasteiger partial charge is 0.326 e. The van der Waals surface area contributed by atoms with E-state index in [1.165, 1.54) is 18.7 Å². The Labute approximate surface area is 148 Å². The van der Waals surface area contributed by atoms with E-state index < -0.39 is 12.0 Å². The molecule has 25 heavy (non-hydrogen) atoms. The number of nitrogens with zero attached hydrogens (tertiary/aromatic N) is 1. The van der Waals surface area contributed by atoms with E-state index in [-0.39, 0.29) is 31.3 Å². The van der Waals surface area contributed by atoms with E-state index in [1.54, 1.807) is 0 Å². The molecule has 0 aliphatic heterocycles. The zero-order chi connectivity index (χ0) is 18.8. The van der Waals surface area contributed by atoms with E-state index in [1.807, 2.05) is 31.2 Å². The number of hydrogen-bond donors (Lipinski definition) is 2. The van der Waals surface area contributed by atoms with E-state index in [0.29, 0.717) is 13.0 Å². The van der Waals surface area contributed by atoms with Gasteiger partial charge in [-0.15, -0.1) is 0 Å². The number of para-hydroxylation sites is 1. The van der Waals surface area contributed by atoms with Crippen LogP contribution in [0.5, 0.6) is 5.75 Å². The third-order valence-corrected chi connectivity index (χ3v) is 3.76. The number of benzene rings is 1. The Morgan fingerprint density at radius 1 is 1.28 bits per heavy atom. The van der Waals surface area contributed by atoms with Crippen molar-refractivity contribution in [2.24, 2.45) is 0 Å². The van der Waals surface area contributed by atoms with Crippen LogP contribution in [0.15, 0.2) is 24.3 Å². The number of aliphatic carboxylic acids is 1. The highest BCUT2D eigenvalue weighted by atomic mass is 16.5. The second-order valence-electron chi connectivity index (χ2n) is 5.80. The zero-order valence-corrected chi connectivity index (χ0v) is 14.9. The number of carbonyl (C=O) groups is 3. The third-order valence-electron chi connectivity index (χ3n) is 3.76. The topological polar surface area (TPSA) is 95.9 Å². The van der Waals surface area contributed by atoms with Crippen molar-refractivity contribution in [3.63, 3.8) is 0 Å². The molecular formula is C18H26N2O5. The summed E-state index contributed by atoms with van der Waals surface area (Å²) in [6.07, 6.45) is 0.666. The van der Waals surface area contributed by atoms with Crippen molar-refractivity contribution < 1.29 is 24.2 Å². The van der Waals surface area contributed by atoms with Gasteiger partial charge in [0.05, 0.1) is 6.61 Å². The summed E-state index contributed by atoms with van der Waals surface area (Å²) in [6, 6.07) is 6.67. The molecule has 1 unspecified atom stereocenters. The number of rotatable bonds is 10. The van der Waals surface area contributed by atoms with Crippen LogP contribution < -0.4 is 10.1 Å². The lowest BCUT2D eigenvalue weighted by atomic mass is 10.2. The summed E-state index contributed by atoms with van der Waals surface area (Å²) in [7, 11) is 0. The largest absolute Gasteiger partial charge is 0.493 e. The number of hydrogen-bond acceptors (Lipinski definition) is 4. The van der Waals surface area contributed by atoms with Crippen LogP contribution in [0.3, 0.4) is 0 Å². The second kappa shape index (κ2) is 10.3. The summed E-state index contributed by atoms with van der Waals surface area (Å²) in [6.45, 7) is 5.52. The predicted octanol–water partition coefficient (Wildman–Crippen LogP) is 1.59. The molecule has 0 saturated heterocycles. The maximum absolute atomic E-state index is 12.3. The van der Waals surface area contributed by atoms with Gasteiger partial charge < -0.3 is 20.1 Å². The van der Waals surface area contributed by atoms with E-state index in [4.69, 9.17) is 9.84 Å². The van der Waals surface area contributed by atoms with Crippen molar-refractivity contribution in [3.05, 3.63) is 29.8 Å². The fourth-order valence-electron chi connectivity index (χ4n) is 2.29. The number of carbonyl (C=O) groups excluding carboxylic acids is 2. The predicted molar refractivity (Wildman–Crippen MR) is 93.4 cm³/mol. The lowest BCUT2D eigenvalue weighted by Crippen LogP contribution is -2.46. The number of aryl methyl sites for hydroxylation is 1. The van der Waals surface area contributed by atoms with Gasteiger partial charge in [-0.05, 0) is 31.9 Å². The molecular weight excluding hydrogens is 324 g/mol. The number of amides is 2. The Kier molecular flexibility index (Phi) is 8.46. The first-order valence-electron chi connectivity index (χ1n) is 8.28. The first kappa shape index (κ1) is 20.5. The molecule has 7 nitrogen and oxygen atoms in total. The molecule has 0 heterocycles. The van der Waals surface area contributed by atoms with Crippen molar-refractivity contribution in [3.8, 4) is 5.75 Å². The summed E-state index contributed by atoms with van der Waals surface area (Å²) in [5.41, 5.74) is 1.02. The Morgan fingerprint density at radius 2 is 1.96 bits per heavy atom. The zero-order valence-electron chi connectivity index (χ0n) is 14.9. The maximum Gasteiger partial charge on any atom is 0.326 e. The molecule has 0 aromatic heterocycles. The summed E-state index contributed by atoms with van der Waals surface area (Å²) in [4.78, 5) is 35.7. The van der Waals surface area contributed by atoms with Crippen molar-refractivity contribution in [1.82, 2.24) is 10.2 Å². The average Bonchev–Trinajstić information content (AvgIpc) is 2.56. The molecule has 1 rings (SSSR count). The van der Waals surface area contributed by atoms with Crippen molar-refractivity contribution in [2.75, 3.05) is 19.7 Å². The maximum atomic E-state index is 12.3. The second-order valence-corrected chi connectivity index (χ2v) is 5.80. The van der Waals surface area contributed by atoms with Crippen LogP contribution >= 0.6 is 0 Å². The summed E-state index contributed by atoms with van der Waals surface area (Å²) < 4.78 is 5.64. The quantitative estimate of drug-likeness (QED) is 0.625. The molecule has 0 saturated carbocycles. The molecule has 0 spiro atoms. The van der Waals surface area contributed by atoms with Crippen LogP contribution in [0.2, 0.25) is 0 Å². The Hall–Kier alpha value is -2.57. The lowest BCUT2D eigenvalue weighted by Gasteiger charge is -2.26. The summed E-state index contributed by atoms with van der Waals surface area (Å²) in [5.74, 6) is -0.792. The van der Waals surface area contributed by atoms with Gasteiger partial charge in [0.25, 0.3) is 0 Å². The minimum Gasteiger partial charge on any atom is -0.493 e. The van der Waals surface area contributed by atoms with Crippen LogP contribution in [-0.2, 0) is 14.4 Å². The average molecular weight is 350 g/mol. The van der Waals surface area contributed by atoms with Crippen molar-refractivity contribution in [1.29, 1.82) is 0 Å². The Balaban J connectivity index is 2.49. The molecule has 0 fully saturated rings. The summed E-state index contributed by atoms with van der Waals surface area (Å²) in [5, 5.41) is 11.7. The molecule has 7 heteroatoms. The fourth-order valence-corrected chi connectivity index (χ4v) is 2.29. The van der Waals surface area contributed by atoms with Gasteiger partial charge in [0.2, 0.25) is 11.8 Å². The molecule has 1 aromatic rings. The molecule has 0 aliphatic carbocycles. The molecule has 138 valence electrons. The van der Waals surface area contributed by atoms with Crippen LogP contribution in [-0.4, -0.2) is 53.5 Å². The monoisotopic (exact) mass is 350 g/mol. The van der Waals surface area contributed by atoms with Gasteiger partial charge in [0.15, 0.2) is 0 Å². The lowest BCUT2D eigenvalue weighted by molar-refractivity contribution is -0.149. The number of nitrogens with one attached hydrogen (secondary N) is 1. The minimum atomic E-state index is -1.08. The van der Waals surface area contributed by atoms with E-state index in [9.17, 15) is 14.4 Å². The van der Waals surface area contributed by atoms with Gasteiger partial charge in [0, 0.05) is 26.4 Å². The van der Waals surface area contributed by atoms with Gasteiger partial charge in [-0.25, -0.2) is 4.79 Å². The van der Waals surface area contributed by atoms with Crippen molar-refractivity contribution in [2.45, 2.75) is 39.7 Å². The van der Waals surface area contributed by atoms with Gasteiger partial charge in [0.1, 0.15) is 11.8 Å². The van der Waals surface area contributed by atoms with Crippen LogP contribution in [0, 0.1) is 6.92 Å². The van der Waals surface area contributed by atoms with Crippen molar-refractivity contribution >= 4 is 17.8 Å². The number of carboxylic acids is 1. The van der Waals surface area contributed by atoms with Gasteiger partial charge >= 0.3 is 5.97 Å². The van der Waals surface area contributed by atoms with Crippen LogP contribution in [0.1, 0.15) is 32.3 Å². The Morgan fingerprint density at radius 3 is 2.56 bits per heavy atom. The molecule has 2 N–H and O–H groups in total. The third kappa shape index (κ3) is 7.24. The fraction of sp³-hybridized carbons (Fsp3) is 0.500. The highest BCUT2D eigenvalue weighted by Gasteiger charge is 2.24. The van der Waals surface area contributed by atoms with Crippen LogP contribution in [0.4, 0.5) is 0 Å².